The van der Waals surface area contributed by atoms with E-state index in [0.717, 1.165) is 55.6 Å². The Morgan fingerprint density at radius 1 is 0.833 bits per heavy atom. The maximum absolute atomic E-state index is 6.24. The van der Waals surface area contributed by atoms with E-state index in [1.807, 2.05) is 60.7 Å². The predicted molar refractivity (Wildman–Crippen MR) is 122 cm³/mol. The van der Waals surface area contributed by atoms with Gasteiger partial charge in [0.1, 0.15) is 11.5 Å². The monoisotopic (exact) mass is 415 g/mol. The summed E-state index contributed by atoms with van der Waals surface area (Å²) in [6.07, 6.45) is 1.78. The number of halogens is 1. The molecule has 0 aliphatic rings. The van der Waals surface area contributed by atoms with Crippen molar-refractivity contribution in [2.75, 3.05) is 19.5 Å². The molecule has 2 heterocycles. The molecule has 5 rings (SSSR count). The highest BCUT2D eigenvalue weighted by Crippen LogP contribution is 2.38. The number of nitrogens with one attached hydrogen (secondary N) is 1. The number of benzene rings is 3. The number of nitrogens with zero attached hydrogens (tertiary/aromatic N) is 2. The summed E-state index contributed by atoms with van der Waals surface area (Å²) < 4.78 is 11.0. The lowest BCUT2D eigenvalue weighted by Crippen LogP contribution is -1.98. The standard InChI is InChI=1S/C24H18ClN3O2/c1-29-16-6-8-20-19(12-16)24(18-7-5-15(25)11-21(18)27-20)28-22-13-17(30-2)10-14-4-3-9-26-23(14)22/h3-13H,1-2H3,(H,27,28). The first-order valence-electron chi connectivity index (χ1n) is 9.43. The third-order valence-corrected chi connectivity index (χ3v) is 5.35. The molecule has 0 radical (unpaired) electrons. The number of hydrogen-bond donors (Lipinski definition) is 1. The Labute approximate surface area is 178 Å². The Kier molecular flexibility index (Phi) is 4.52. The average molecular weight is 416 g/mol. The van der Waals surface area contributed by atoms with Crippen molar-refractivity contribution in [2.45, 2.75) is 0 Å². The minimum Gasteiger partial charge on any atom is -0.497 e. The summed E-state index contributed by atoms with van der Waals surface area (Å²) >= 11 is 6.24. The van der Waals surface area contributed by atoms with Crippen LogP contribution in [0.1, 0.15) is 0 Å². The molecule has 148 valence electrons. The van der Waals surface area contributed by atoms with E-state index < -0.39 is 0 Å². The zero-order chi connectivity index (χ0) is 20.7. The first-order chi connectivity index (χ1) is 14.7. The van der Waals surface area contributed by atoms with Gasteiger partial charge in [-0.1, -0.05) is 17.7 Å². The Bertz CT molecular complexity index is 1420. The molecular weight excluding hydrogens is 398 g/mol. The van der Waals surface area contributed by atoms with Crippen molar-refractivity contribution < 1.29 is 9.47 Å². The second-order valence-corrected chi connectivity index (χ2v) is 7.34. The smallest absolute Gasteiger partial charge is 0.121 e. The van der Waals surface area contributed by atoms with Gasteiger partial charge in [-0.15, -0.1) is 0 Å². The van der Waals surface area contributed by atoms with Crippen LogP contribution >= 0.6 is 11.6 Å². The van der Waals surface area contributed by atoms with E-state index in [9.17, 15) is 0 Å². The van der Waals surface area contributed by atoms with Gasteiger partial charge in [-0.2, -0.15) is 0 Å². The normalized spacial score (nSPS) is 11.2. The van der Waals surface area contributed by atoms with Crippen LogP contribution < -0.4 is 14.8 Å². The molecule has 0 aliphatic heterocycles. The lowest BCUT2D eigenvalue weighted by molar-refractivity contribution is 0.415. The van der Waals surface area contributed by atoms with E-state index in [-0.39, 0.29) is 0 Å². The van der Waals surface area contributed by atoms with Crippen LogP contribution in [0.4, 0.5) is 11.4 Å². The molecule has 0 bridgehead atoms. The molecule has 0 fully saturated rings. The van der Waals surface area contributed by atoms with Gasteiger partial charge in [0, 0.05) is 33.4 Å². The quantitative estimate of drug-likeness (QED) is 0.346. The van der Waals surface area contributed by atoms with Crippen LogP contribution in [0.3, 0.4) is 0 Å². The Hall–Kier alpha value is -3.57. The number of fused-ring (bicyclic) bond motifs is 3. The van der Waals surface area contributed by atoms with Gasteiger partial charge in [-0.3, -0.25) is 4.98 Å². The highest BCUT2D eigenvalue weighted by Gasteiger charge is 2.14. The fraction of sp³-hybridized carbons (Fsp3) is 0.0833. The van der Waals surface area contributed by atoms with Crippen LogP contribution in [0.15, 0.2) is 66.9 Å². The van der Waals surface area contributed by atoms with Crippen LogP contribution in [0.5, 0.6) is 11.5 Å². The van der Waals surface area contributed by atoms with Gasteiger partial charge in [0.15, 0.2) is 0 Å². The number of anilines is 2. The summed E-state index contributed by atoms with van der Waals surface area (Å²) in [6.45, 7) is 0. The maximum Gasteiger partial charge on any atom is 0.121 e. The third kappa shape index (κ3) is 3.13. The summed E-state index contributed by atoms with van der Waals surface area (Å²) in [7, 11) is 3.31. The fourth-order valence-corrected chi connectivity index (χ4v) is 3.84. The summed E-state index contributed by atoms with van der Waals surface area (Å²) in [5.41, 5.74) is 4.26. The lowest BCUT2D eigenvalue weighted by Gasteiger charge is -2.16. The topological polar surface area (TPSA) is 56.3 Å². The summed E-state index contributed by atoms with van der Waals surface area (Å²) in [5.74, 6) is 1.51. The fourth-order valence-electron chi connectivity index (χ4n) is 3.67. The zero-order valence-corrected chi connectivity index (χ0v) is 17.2. The molecule has 30 heavy (non-hydrogen) atoms. The summed E-state index contributed by atoms with van der Waals surface area (Å²) in [6, 6.07) is 19.4. The van der Waals surface area contributed by atoms with E-state index in [0.29, 0.717) is 5.02 Å². The van der Waals surface area contributed by atoms with E-state index in [4.69, 9.17) is 26.1 Å². The molecule has 0 atom stereocenters. The van der Waals surface area contributed by atoms with Crippen molar-refractivity contribution in [1.29, 1.82) is 0 Å². The van der Waals surface area contributed by atoms with Crippen molar-refractivity contribution in [1.82, 2.24) is 9.97 Å². The molecule has 0 saturated heterocycles. The van der Waals surface area contributed by atoms with Crippen molar-refractivity contribution in [3.05, 3.63) is 71.9 Å². The number of rotatable bonds is 4. The summed E-state index contributed by atoms with van der Waals surface area (Å²) in [4.78, 5) is 9.37. The number of pyridine rings is 2. The van der Waals surface area contributed by atoms with E-state index in [1.165, 1.54) is 0 Å². The van der Waals surface area contributed by atoms with Crippen LogP contribution in [0, 0.1) is 0 Å². The van der Waals surface area contributed by atoms with Crippen LogP contribution in [-0.4, -0.2) is 24.2 Å². The van der Waals surface area contributed by atoms with Crippen LogP contribution in [0.2, 0.25) is 5.02 Å². The molecule has 6 heteroatoms. The van der Waals surface area contributed by atoms with Gasteiger partial charge in [-0.05, 0) is 48.5 Å². The van der Waals surface area contributed by atoms with Crippen molar-refractivity contribution >= 4 is 55.7 Å². The average Bonchev–Trinajstić information content (AvgIpc) is 2.78. The van der Waals surface area contributed by atoms with Crippen LogP contribution in [0.25, 0.3) is 32.7 Å². The molecule has 0 saturated carbocycles. The Balaban J connectivity index is 1.82. The number of hydrogen-bond acceptors (Lipinski definition) is 5. The van der Waals surface area contributed by atoms with Gasteiger partial charge in [0.05, 0.1) is 42.1 Å². The molecule has 0 amide bonds. The van der Waals surface area contributed by atoms with E-state index >= 15 is 0 Å². The molecule has 0 aliphatic carbocycles. The maximum atomic E-state index is 6.24. The predicted octanol–water partition coefficient (Wildman–Crippen LogP) is 6.35. The highest BCUT2D eigenvalue weighted by atomic mass is 35.5. The zero-order valence-electron chi connectivity index (χ0n) is 16.4. The number of ether oxygens (including phenoxy) is 2. The Morgan fingerprint density at radius 2 is 1.70 bits per heavy atom. The molecule has 1 N–H and O–H groups in total. The van der Waals surface area contributed by atoms with Gasteiger partial charge >= 0.3 is 0 Å². The van der Waals surface area contributed by atoms with Crippen LogP contribution in [-0.2, 0) is 0 Å². The molecule has 5 aromatic rings. The van der Waals surface area contributed by atoms with Crippen molar-refractivity contribution in [3.8, 4) is 11.5 Å². The second-order valence-electron chi connectivity index (χ2n) is 6.91. The molecule has 2 aromatic heterocycles. The van der Waals surface area contributed by atoms with Gasteiger partial charge < -0.3 is 14.8 Å². The minimum atomic E-state index is 0.641. The molecule has 3 aromatic carbocycles. The molecule has 0 spiro atoms. The van der Waals surface area contributed by atoms with Crippen molar-refractivity contribution in [2.24, 2.45) is 0 Å². The minimum absolute atomic E-state index is 0.641. The van der Waals surface area contributed by atoms with Crippen molar-refractivity contribution in [3.63, 3.8) is 0 Å². The first-order valence-corrected chi connectivity index (χ1v) is 9.81. The lowest BCUT2D eigenvalue weighted by atomic mass is 10.1. The summed E-state index contributed by atoms with van der Waals surface area (Å²) in [5, 5.41) is 7.12. The van der Waals surface area contributed by atoms with Gasteiger partial charge in [0.2, 0.25) is 0 Å². The SMILES string of the molecule is COc1cc(Nc2c3ccc(Cl)cc3nc3ccc(OC)cc23)c2ncccc2c1. The van der Waals surface area contributed by atoms with E-state index in [1.54, 1.807) is 20.4 Å². The molecule has 5 nitrogen and oxygen atoms in total. The first kappa shape index (κ1) is 18.5. The van der Waals surface area contributed by atoms with Gasteiger partial charge in [-0.25, -0.2) is 4.98 Å². The Morgan fingerprint density at radius 3 is 2.53 bits per heavy atom. The van der Waals surface area contributed by atoms with Gasteiger partial charge in [0.25, 0.3) is 0 Å². The second kappa shape index (κ2) is 7.35. The highest BCUT2D eigenvalue weighted by molar-refractivity contribution is 6.31. The van der Waals surface area contributed by atoms with E-state index in [2.05, 4.69) is 10.3 Å². The molecule has 0 unspecified atom stereocenters. The molecular formula is C24H18ClN3O2. The number of methoxy groups -OCH3 is 2. The largest absolute Gasteiger partial charge is 0.497 e. The third-order valence-electron chi connectivity index (χ3n) is 5.12. The number of aromatic nitrogens is 2.